The van der Waals surface area contributed by atoms with E-state index in [0.29, 0.717) is 26.5 Å². The second kappa shape index (κ2) is 8.91. The van der Waals surface area contributed by atoms with Gasteiger partial charge in [0.15, 0.2) is 0 Å². The Balaban J connectivity index is 1.59. The van der Waals surface area contributed by atoms with Crippen LogP contribution in [0.1, 0.15) is 11.1 Å². The van der Waals surface area contributed by atoms with Crippen molar-refractivity contribution >= 4 is 52.8 Å². The molecule has 3 N–H and O–H groups in total. The van der Waals surface area contributed by atoms with Crippen LogP contribution in [-0.4, -0.2) is 26.0 Å². The molecule has 0 aliphatic heterocycles. The Kier molecular flexibility index (Phi) is 6.34. The number of non-ortho nitro benzene ring substituents is 1. The molecule has 12 heteroatoms. The number of halogens is 2. The zero-order valence-corrected chi connectivity index (χ0v) is 16.4. The molecule has 0 amide bonds. The summed E-state index contributed by atoms with van der Waals surface area (Å²) < 4.78 is 1.27. The summed E-state index contributed by atoms with van der Waals surface area (Å²) in [7, 11) is 0. The molecule has 0 bridgehead atoms. The van der Waals surface area contributed by atoms with Crippen LogP contribution in [0.15, 0.2) is 52.7 Å². The van der Waals surface area contributed by atoms with Gasteiger partial charge in [-0.25, -0.2) is 10.1 Å². The monoisotopic (exact) mass is 437 g/mol. The summed E-state index contributed by atoms with van der Waals surface area (Å²) in [4.78, 5) is 10.2. The zero-order chi connectivity index (χ0) is 20.1. The number of benzene rings is 2. The van der Waals surface area contributed by atoms with E-state index in [0.717, 1.165) is 5.56 Å². The summed E-state index contributed by atoms with van der Waals surface area (Å²) in [5, 5.41) is 24.1. The molecule has 1 aromatic heterocycles. The van der Waals surface area contributed by atoms with E-state index in [1.54, 1.807) is 24.3 Å². The highest BCUT2D eigenvalue weighted by molar-refractivity contribution is 7.98. The van der Waals surface area contributed by atoms with Crippen molar-refractivity contribution in [3.63, 3.8) is 0 Å². The Morgan fingerprint density at radius 1 is 1.21 bits per heavy atom. The molecule has 0 unspecified atom stereocenters. The Bertz CT molecular complexity index is 1020. The number of thioether (sulfide) groups is 1. The van der Waals surface area contributed by atoms with Gasteiger partial charge in [-0.15, -0.1) is 10.2 Å². The fraction of sp³-hybridized carbons (Fsp3) is 0.0625. The van der Waals surface area contributed by atoms with Crippen LogP contribution < -0.4 is 11.3 Å². The first-order valence-corrected chi connectivity index (χ1v) is 9.49. The summed E-state index contributed by atoms with van der Waals surface area (Å²) in [6.45, 7) is 0. The number of rotatable bonds is 7. The van der Waals surface area contributed by atoms with Crippen molar-refractivity contribution in [1.29, 1.82) is 0 Å². The van der Waals surface area contributed by atoms with Crippen LogP contribution in [0.4, 0.5) is 11.6 Å². The van der Waals surface area contributed by atoms with Crippen molar-refractivity contribution in [2.24, 2.45) is 5.10 Å². The first-order chi connectivity index (χ1) is 13.4. The van der Waals surface area contributed by atoms with Gasteiger partial charge >= 0.3 is 0 Å². The Labute approximate surface area is 173 Å². The Hall–Kier alpha value is -2.82. The number of aromatic nitrogens is 3. The third-order valence-electron chi connectivity index (χ3n) is 3.50. The van der Waals surface area contributed by atoms with Gasteiger partial charge in [0.25, 0.3) is 11.6 Å². The van der Waals surface area contributed by atoms with Crippen LogP contribution in [0.25, 0.3) is 0 Å². The fourth-order valence-corrected chi connectivity index (χ4v) is 3.20. The van der Waals surface area contributed by atoms with Crippen molar-refractivity contribution in [2.75, 3.05) is 11.3 Å². The quantitative estimate of drug-likeness (QED) is 0.188. The van der Waals surface area contributed by atoms with E-state index in [4.69, 9.17) is 29.0 Å². The molecule has 3 aromatic rings. The van der Waals surface area contributed by atoms with Crippen LogP contribution in [0.2, 0.25) is 10.0 Å². The Morgan fingerprint density at radius 2 is 1.96 bits per heavy atom. The lowest BCUT2D eigenvalue weighted by atomic mass is 10.2. The van der Waals surface area contributed by atoms with Crippen LogP contribution in [0.5, 0.6) is 0 Å². The van der Waals surface area contributed by atoms with E-state index < -0.39 is 4.92 Å². The third-order valence-corrected chi connectivity index (χ3v) is 5.25. The highest BCUT2D eigenvalue weighted by Crippen LogP contribution is 2.27. The van der Waals surface area contributed by atoms with Crippen molar-refractivity contribution in [3.05, 3.63) is 73.8 Å². The minimum absolute atomic E-state index is 0.00968. The van der Waals surface area contributed by atoms with Gasteiger partial charge in [-0.05, 0) is 35.4 Å². The van der Waals surface area contributed by atoms with Crippen LogP contribution in [0, 0.1) is 10.1 Å². The van der Waals surface area contributed by atoms with Crippen LogP contribution >= 0.6 is 35.0 Å². The molecule has 0 aliphatic carbocycles. The summed E-state index contributed by atoms with van der Waals surface area (Å²) in [6.07, 6.45) is 1.49. The van der Waals surface area contributed by atoms with Crippen LogP contribution in [0.3, 0.4) is 0 Å². The number of hydrazone groups is 1. The molecule has 9 nitrogen and oxygen atoms in total. The molecule has 2 aromatic carbocycles. The lowest BCUT2D eigenvalue weighted by molar-refractivity contribution is -0.384. The number of nitrogens with two attached hydrogens (primary N) is 1. The minimum atomic E-state index is -0.465. The van der Waals surface area contributed by atoms with E-state index in [9.17, 15) is 10.1 Å². The van der Waals surface area contributed by atoms with Crippen molar-refractivity contribution in [1.82, 2.24) is 14.9 Å². The average molecular weight is 438 g/mol. The summed E-state index contributed by atoms with van der Waals surface area (Å²) in [5.74, 6) is 6.79. The maximum absolute atomic E-state index is 10.6. The van der Waals surface area contributed by atoms with Crippen molar-refractivity contribution < 1.29 is 4.92 Å². The summed E-state index contributed by atoms with van der Waals surface area (Å²) >= 11 is 13.3. The normalized spacial score (nSPS) is 11.1. The van der Waals surface area contributed by atoms with Crippen LogP contribution in [-0.2, 0) is 5.75 Å². The molecular formula is C16H13Cl2N7O2S. The maximum Gasteiger partial charge on any atom is 0.269 e. The summed E-state index contributed by atoms with van der Waals surface area (Å²) in [5.41, 5.74) is 4.33. The van der Waals surface area contributed by atoms with E-state index in [1.807, 2.05) is 6.07 Å². The van der Waals surface area contributed by atoms with Crippen molar-refractivity contribution in [3.8, 4) is 0 Å². The average Bonchev–Trinajstić information content (AvgIpc) is 3.03. The number of anilines is 1. The molecule has 28 heavy (non-hydrogen) atoms. The lowest BCUT2D eigenvalue weighted by Crippen LogP contribution is -2.13. The number of nitro benzene ring substituents is 1. The summed E-state index contributed by atoms with van der Waals surface area (Å²) in [6, 6.07) is 11.3. The topological polar surface area (TPSA) is 124 Å². The molecule has 0 fully saturated rings. The first-order valence-electron chi connectivity index (χ1n) is 7.75. The number of nitrogens with zero attached hydrogens (tertiary/aromatic N) is 5. The first kappa shape index (κ1) is 19.9. The van der Waals surface area contributed by atoms with E-state index in [1.165, 1.54) is 34.8 Å². The largest absolute Gasteiger partial charge is 0.334 e. The van der Waals surface area contributed by atoms with E-state index >= 15 is 0 Å². The highest BCUT2D eigenvalue weighted by Gasteiger charge is 2.10. The van der Waals surface area contributed by atoms with Gasteiger partial charge in [-0.2, -0.15) is 5.10 Å². The van der Waals surface area contributed by atoms with E-state index in [2.05, 4.69) is 20.7 Å². The standard InChI is InChI=1S/C16H13Cl2N7O2S/c17-13-6-3-11(7-14(13)18)9-28-16-23-22-15(24(16)19)21-20-8-10-1-4-12(5-2-10)25(26)27/h1-8H,9,19H2,(H,21,22)/b20-8+. The van der Waals surface area contributed by atoms with Gasteiger partial charge in [-0.1, -0.05) is 41.0 Å². The molecule has 0 atom stereocenters. The van der Waals surface area contributed by atoms with Crippen molar-refractivity contribution in [2.45, 2.75) is 10.9 Å². The SMILES string of the molecule is Nn1c(N/N=C/c2ccc([N+](=O)[O-])cc2)nnc1SCc1ccc(Cl)c(Cl)c1. The van der Waals surface area contributed by atoms with Gasteiger partial charge in [-0.3, -0.25) is 10.1 Å². The third kappa shape index (κ3) is 4.91. The van der Waals surface area contributed by atoms with Gasteiger partial charge < -0.3 is 5.84 Å². The van der Waals surface area contributed by atoms with E-state index in [-0.39, 0.29) is 11.6 Å². The molecule has 0 saturated heterocycles. The number of nitrogens with one attached hydrogen (secondary N) is 1. The predicted octanol–water partition coefficient (Wildman–Crippen LogP) is 3.95. The fourth-order valence-electron chi connectivity index (χ4n) is 2.08. The molecule has 1 heterocycles. The number of hydrogen-bond acceptors (Lipinski definition) is 8. The highest BCUT2D eigenvalue weighted by atomic mass is 35.5. The smallest absolute Gasteiger partial charge is 0.269 e. The Morgan fingerprint density at radius 3 is 2.64 bits per heavy atom. The molecule has 3 rings (SSSR count). The number of nitrogen functional groups attached to an aromatic ring is 1. The van der Waals surface area contributed by atoms with Gasteiger partial charge in [0, 0.05) is 17.9 Å². The molecular weight excluding hydrogens is 425 g/mol. The maximum atomic E-state index is 10.6. The second-order valence-electron chi connectivity index (χ2n) is 5.43. The number of nitro groups is 1. The van der Waals surface area contributed by atoms with Gasteiger partial charge in [0.2, 0.25) is 5.16 Å². The molecule has 0 spiro atoms. The molecule has 144 valence electrons. The zero-order valence-electron chi connectivity index (χ0n) is 14.1. The second-order valence-corrected chi connectivity index (χ2v) is 7.19. The lowest BCUT2D eigenvalue weighted by Gasteiger charge is -2.04. The molecule has 0 aliphatic rings. The predicted molar refractivity (Wildman–Crippen MR) is 111 cm³/mol. The van der Waals surface area contributed by atoms with Gasteiger partial charge in [0.1, 0.15) is 0 Å². The molecule has 0 radical (unpaired) electrons. The molecule has 0 saturated carbocycles. The number of hydrogen-bond donors (Lipinski definition) is 2. The minimum Gasteiger partial charge on any atom is -0.334 e. The van der Waals surface area contributed by atoms with Gasteiger partial charge in [0.05, 0.1) is 21.2 Å².